The van der Waals surface area contributed by atoms with Crippen LogP contribution in [0, 0.1) is 0 Å². The van der Waals surface area contributed by atoms with E-state index in [1.54, 1.807) is 30.3 Å². The Hall–Kier alpha value is -3.82. The van der Waals surface area contributed by atoms with Crippen LogP contribution in [0.25, 0.3) is 22.0 Å². The second kappa shape index (κ2) is 11.5. The van der Waals surface area contributed by atoms with Crippen molar-refractivity contribution in [3.8, 4) is 16.9 Å². The Balaban J connectivity index is 1.61. The van der Waals surface area contributed by atoms with Crippen molar-refractivity contribution in [2.45, 2.75) is 25.8 Å². The Morgan fingerprint density at radius 1 is 1.05 bits per heavy atom. The summed E-state index contributed by atoms with van der Waals surface area (Å²) in [5, 5.41) is 14.0. The third-order valence-corrected chi connectivity index (χ3v) is 6.49. The Morgan fingerprint density at radius 2 is 1.84 bits per heavy atom. The molecule has 0 saturated carbocycles. The zero-order chi connectivity index (χ0) is 26.4. The predicted molar refractivity (Wildman–Crippen MR) is 146 cm³/mol. The van der Waals surface area contributed by atoms with Crippen molar-refractivity contribution in [1.82, 2.24) is 10.3 Å². The molecule has 8 nitrogen and oxygen atoms in total. The summed E-state index contributed by atoms with van der Waals surface area (Å²) < 4.78 is 31.6. The van der Waals surface area contributed by atoms with Gasteiger partial charge < -0.3 is 20.1 Å². The number of benzene rings is 3. The molecule has 9 heteroatoms. The van der Waals surface area contributed by atoms with Crippen LogP contribution in [-0.4, -0.2) is 49.9 Å². The Kier molecular flexibility index (Phi) is 8.15. The third kappa shape index (κ3) is 6.69. The van der Waals surface area contributed by atoms with E-state index in [0.29, 0.717) is 30.0 Å². The first-order chi connectivity index (χ1) is 17.8. The molecule has 4 rings (SSSR count). The quantitative estimate of drug-likeness (QED) is 0.234. The Bertz CT molecular complexity index is 1500. The minimum Gasteiger partial charge on any atom is -0.493 e. The average molecular weight is 522 g/mol. The number of carbonyl (C=O) groups is 1. The maximum absolute atomic E-state index is 13.4. The number of fused-ring (bicyclic) bond motifs is 1. The fourth-order valence-corrected chi connectivity index (χ4v) is 4.75. The van der Waals surface area contributed by atoms with Gasteiger partial charge in [0.05, 0.1) is 31.1 Å². The van der Waals surface area contributed by atoms with Crippen molar-refractivity contribution in [3.05, 3.63) is 84.1 Å². The van der Waals surface area contributed by atoms with Crippen molar-refractivity contribution in [1.29, 1.82) is 0 Å². The number of sulfonamides is 1. The summed E-state index contributed by atoms with van der Waals surface area (Å²) in [6.45, 7) is 2.21. The van der Waals surface area contributed by atoms with E-state index in [9.17, 15) is 18.3 Å². The summed E-state index contributed by atoms with van der Waals surface area (Å²) in [5.74, 6) is 0.0783. The summed E-state index contributed by atoms with van der Waals surface area (Å²) in [4.78, 5) is 16.6. The van der Waals surface area contributed by atoms with Gasteiger partial charge in [-0.15, -0.1) is 0 Å². The van der Waals surface area contributed by atoms with Gasteiger partial charge in [-0.1, -0.05) is 43.3 Å². The summed E-state index contributed by atoms with van der Waals surface area (Å²) in [5.41, 5.74) is 4.23. The van der Waals surface area contributed by atoms with Gasteiger partial charge in [-0.3, -0.25) is 9.52 Å². The number of rotatable bonds is 11. The predicted octanol–water partition coefficient (Wildman–Crippen LogP) is 4.33. The normalized spacial score (nSPS) is 12.3. The largest absolute Gasteiger partial charge is 0.493 e. The molecule has 0 saturated heterocycles. The van der Waals surface area contributed by atoms with Crippen LogP contribution in [0.4, 0.5) is 5.69 Å². The van der Waals surface area contributed by atoms with Crippen molar-refractivity contribution < 1.29 is 23.1 Å². The number of aromatic nitrogens is 1. The van der Waals surface area contributed by atoms with E-state index in [-0.39, 0.29) is 12.5 Å². The van der Waals surface area contributed by atoms with Gasteiger partial charge in [-0.25, -0.2) is 8.42 Å². The highest BCUT2D eigenvalue weighted by Crippen LogP contribution is 2.29. The Morgan fingerprint density at radius 3 is 2.59 bits per heavy atom. The first kappa shape index (κ1) is 26.2. The summed E-state index contributed by atoms with van der Waals surface area (Å²) in [6.07, 6.45) is 4.22. The number of hydrogen-bond acceptors (Lipinski definition) is 5. The lowest BCUT2D eigenvalue weighted by Gasteiger charge is -2.18. The molecule has 194 valence electrons. The number of aliphatic hydroxyl groups excluding tert-OH is 1. The molecule has 0 spiro atoms. The van der Waals surface area contributed by atoms with Crippen molar-refractivity contribution in [3.63, 3.8) is 0 Å². The second-order valence-electron chi connectivity index (χ2n) is 8.93. The average Bonchev–Trinajstić information content (AvgIpc) is 3.28. The zero-order valence-electron chi connectivity index (χ0n) is 20.8. The van der Waals surface area contributed by atoms with E-state index in [1.165, 1.54) is 0 Å². The van der Waals surface area contributed by atoms with Crippen LogP contribution >= 0.6 is 0 Å². The van der Waals surface area contributed by atoms with Crippen LogP contribution < -0.4 is 14.8 Å². The van der Waals surface area contributed by atoms with Gasteiger partial charge in [0.25, 0.3) is 5.91 Å². The van der Waals surface area contributed by atoms with Gasteiger partial charge in [0, 0.05) is 22.8 Å². The molecular formula is C28H31N3O5S. The number of carbonyl (C=O) groups excluding carboxylic acids is 1. The van der Waals surface area contributed by atoms with E-state index in [0.717, 1.165) is 40.3 Å². The van der Waals surface area contributed by atoms with Crippen LogP contribution in [0.2, 0.25) is 0 Å². The lowest BCUT2D eigenvalue weighted by atomic mass is 10.0. The van der Waals surface area contributed by atoms with E-state index < -0.39 is 16.1 Å². The molecular weight excluding hydrogens is 490 g/mol. The molecule has 0 aliphatic rings. The molecule has 1 aromatic heterocycles. The molecule has 3 aromatic carbocycles. The van der Waals surface area contributed by atoms with E-state index in [4.69, 9.17) is 4.74 Å². The van der Waals surface area contributed by atoms with Gasteiger partial charge in [0.2, 0.25) is 10.0 Å². The summed E-state index contributed by atoms with van der Waals surface area (Å²) >= 11 is 0. The number of ether oxygens (including phenoxy) is 1. The molecule has 1 heterocycles. The fraction of sp³-hybridized carbons (Fsp3) is 0.250. The van der Waals surface area contributed by atoms with Crippen LogP contribution in [0.15, 0.2) is 72.9 Å². The molecule has 0 radical (unpaired) electrons. The number of nitrogens with one attached hydrogen (secondary N) is 3. The molecule has 0 bridgehead atoms. The first-order valence-electron chi connectivity index (χ1n) is 12.1. The molecule has 4 N–H and O–H groups in total. The number of hydrogen-bond donors (Lipinski definition) is 4. The minimum atomic E-state index is -3.43. The zero-order valence-corrected chi connectivity index (χ0v) is 21.6. The highest BCUT2D eigenvalue weighted by molar-refractivity contribution is 7.92. The van der Waals surface area contributed by atoms with Crippen molar-refractivity contribution in [2.75, 3.05) is 24.2 Å². The topological polar surface area (TPSA) is 121 Å². The molecule has 0 aliphatic carbocycles. The van der Waals surface area contributed by atoms with E-state index in [2.05, 4.69) is 15.0 Å². The Labute approximate surface area is 216 Å². The van der Waals surface area contributed by atoms with Crippen molar-refractivity contribution in [2.24, 2.45) is 0 Å². The lowest BCUT2D eigenvalue weighted by Crippen LogP contribution is -2.39. The number of aromatic amines is 1. The monoisotopic (exact) mass is 521 g/mol. The van der Waals surface area contributed by atoms with Gasteiger partial charge >= 0.3 is 0 Å². The smallest absolute Gasteiger partial charge is 0.255 e. The van der Waals surface area contributed by atoms with Crippen LogP contribution in [0.1, 0.15) is 29.3 Å². The molecule has 0 unspecified atom stereocenters. The van der Waals surface area contributed by atoms with Crippen LogP contribution in [-0.2, 0) is 16.4 Å². The molecule has 0 aliphatic heterocycles. The van der Waals surface area contributed by atoms with E-state index in [1.807, 2.05) is 49.5 Å². The van der Waals surface area contributed by atoms with Gasteiger partial charge in [-0.2, -0.15) is 0 Å². The molecule has 1 amide bonds. The number of anilines is 1. The molecule has 4 aromatic rings. The number of para-hydroxylation sites is 1. The maximum Gasteiger partial charge on any atom is 0.255 e. The third-order valence-electron chi connectivity index (χ3n) is 5.88. The lowest BCUT2D eigenvalue weighted by molar-refractivity contribution is 0.0912. The second-order valence-corrected chi connectivity index (χ2v) is 10.7. The number of amides is 1. The van der Waals surface area contributed by atoms with E-state index >= 15 is 0 Å². The van der Waals surface area contributed by atoms with Crippen molar-refractivity contribution >= 4 is 32.5 Å². The SMILES string of the molecule is CCCOc1ccc(-c2cccc(NS(C)(=O)=O)c2)cc1C(=O)N[C@H](CO)Cc1c[nH]c2ccccc12. The number of aliphatic hydroxyl groups is 1. The van der Waals surface area contributed by atoms with Gasteiger partial charge in [0.15, 0.2) is 0 Å². The fourth-order valence-electron chi connectivity index (χ4n) is 4.19. The first-order valence-corrected chi connectivity index (χ1v) is 14.0. The summed E-state index contributed by atoms with van der Waals surface area (Å²) in [6, 6.07) is 19.6. The molecule has 0 fully saturated rings. The van der Waals surface area contributed by atoms with Gasteiger partial charge in [0.1, 0.15) is 5.75 Å². The number of H-pyrrole nitrogens is 1. The highest BCUT2D eigenvalue weighted by Gasteiger charge is 2.20. The van der Waals surface area contributed by atoms with Crippen LogP contribution in [0.5, 0.6) is 5.75 Å². The minimum absolute atomic E-state index is 0.227. The molecule has 1 atom stereocenters. The van der Waals surface area contributed by atoms with Gasteiger partial charge in [-0.05, 0) is 59.9 Å². The summed E-state index contributed by atoms with van der Waals surface area (Å²) in [7, 11) is -3.43. The molecule has 37 heavy (non-hydrogen) atoms. The van der Waals surface area contributed by atoms with Crippen LogP contribution in [0.3, 0.4) is 0 Å². The highest BCUT2D eigenvalue weighted by atomic mass is 32.2. The standard InChI is InChI=1S/C28H31N3O5S/c1-3-13-36-27-12-11-20(19-7-6-8-22(14-19)31-37(2,34)35)16-25(27)28(33)30-23(18-32)15-21-17-29-26-10-5-4-9-24(21)26/h4-12,14,16-17,23,29,31-32H,3,13,15,18H2,1-2H3,(H,30,33)/t23-/m0/s1. The maximum atomic E-state index is 13.4.